The number of carbonyl (C=O) groups is 1. The van der Waals surface area contributed by atoms with E-state index in [-0.39, 0.29) is 17.4 Å². The second-order valence-corrected chi connectivity index (χ2v) is 7.65. The summed E-state index contributed by atoms with van der Waals surface area (Å²) in [6.07, 6.45) is 2.78. The third-order valence-electron chi connectivity index (χ3n) is 4.94. The van der Waals surface area contributed by atoms with E-state index < -0.39 is 5.60 Å². The topological polar surface area (TPSA) is 56.8 Å². The Morgan fingerprint density at radius 2 is 1.92 bits per heavy atom. The maximum atomic E-state index is 12.5. The molecule has 0 saturated heterocycles. The molecule has 2 rings (SSSR count). The molecule has 1 unspecified atom stereocenters. The van der Waals surface area contributed by atoms with Crippen molar-refractivity contribution >= 4 is 23.2 Å². The predicted octanol–water partition coefficient (Wildman–Crippen LogP) is 4.29. The van der Waals surface area contributed by atoms with Crippen LogP contribution in [0.4, 0.5) is 5.69 Å². The van der Waals surface area contributed by atoms with E-state index in [9.17, 15) is 4.79 Å². The molecule has 1 saturated carbocycles. The van der Waals surface area contributed by atoms with Crippen LogP contribution in [-0.2, 0) is 14.3 Å². The number of ether oxygens (including phenoxy) is 3. The van der Waals surface area contributed by atoms with Crippen molar-refractivity contribution in [2.24, 2.45) is 5.92 Å². The molecule has 1 aliphatic rings. The summed E-state index contributed by atoms with van der Waals surface area (Å²) in [5.41, 5.74) is -0.412. The molecule has 6 heteroatoms. The third kappa shape index (κ3) is 5.09. The Balaban J connectivity index is 1.96. The summed E-state index contributed by atoms with van der Waals surface area (Å²) in [4.78, 5) is 12.5. The van der Waals surface area contributed by atoms with Crippen molar-refractivity contribution in [1.82, 2.24) is 0 Å². The molecule has 0 bridgehead atoms. The zero-order chi connectivity index (χ0) is 18.7. The van der Waals surface area contributed by atoms with Gasteiger partial charge in [-0.15, -0.1) is 0 Å². The number of anilines is 1. The number of nitrogens with one attached hydrogen (secondary N) is 1. The average molecular weight is 370 g/mol. The molecule has 1 N–H and O–H groups in total. The highest BCUT2D eigenvalue weighted by atomic mass is 35.5. The summed E-state index contributed by atoms with van der Waals surface area (Å²) in [6, 6.07) is 5.24. The molecule has 1 atom stereocenters. The molecule has 0 aliphatic heterocycles. The van der Waals surface area contributed by atoms with Gasteiger partial charge in [0.25, 0.3) is 5.91 Å². The van der Waals surface area contributed by atoms with Gasteiger partial charge in [0, 0.05) is 26.3 Å². The van der Waals surface area contributed by atoms with Gasteiger partial charge in [-0.2, -0.15) is 0 Å². The lowest BCUT2D eigenvalue weighted by atomic mass is 9.99. The first-order valence-electron chi connectivity index (χ1n) is 8.56. The van der Waals surface area contributed by atoms with Gasteiger partial charge in [-0.3, -0.25) is 4.79 Å². The Morgan fingerprint density at radius 3 is 2.44 bits per heavy atom. The number of benzene rings is 1. The zero-order valence-electron chi connectivity index (χ0n) is 15.6. The summed E-state index contributed by atoms with van der Waals surface area (Å²) < 4.78 is 16.5. The SMILES string of the molecule is COC(C)(C)CCOc1ccc(NC(=O)C(C)(OC)C2CC2)cc1Cl. The Kier molecular flexibility index (Phi) is 6.35. The Bertz CT molecular complexity index is 615. The minimum Gasteiger partial charge on any atom is -0.492 e. The van der Waals surface area contributed by atoms with E-state index in [1.165, 1.54) is 0 Å². The minimum absolute atomic E-state index is 0.149. The van der Waals surface area contributed by atoms with Crippen LogP contribution in [0.2, 0.25) is 5.02 Å². The van der Waals surface area contributed by atoms with Crippen molar-refractivity contribution < 1.29 is 19.0 Å². The molecule has 0 heterocycles. The van der Waals surface area contributed by atoms with Crippen molar-refractivity contribution in [2.45, 2.75) is 51.2 Å². The molecule has 0 spiro atoms. The fourth-order valence-corrected chi connectivity index (χ4v) is 2.77. The van der Waals surface area contributed by atoms with Gasteiger partial charge in [0.2, 0.25) is 0 Å². The number of amides is 1. The van der Waals surface area contributed by atoms with Crippen LogP contribution in [0.15, 0.2) is 18.2 Å². The molecule has 1 aromatic carbocycles. The van der Waals surface area contributed by atoms with E-state index >= 15 is 0 Å². The van der Waals surface area contributed by atoms with E-state index in [1.807, 2.05) is 20.8 Å². The van der Waals surface area contributed by atoms with Crippen LogP contribution in [0.1, 0.15) is 40.0 Å². The van der Waals surface area contributed by atoms with Crippen molar-refractivity contribution in [3.63, 3.8) is 0 Å². The number of halogens is 1. The largest absolute Gasteiger partial charge is 0.492 e. The number of methoxy groups -OCH3 is 2. The van der Waals surface area contributed by atoms with Crippen molar-refractivity contribution in [1.29, 1.82) is 0 Å². The van der Waals surface area contributed by atoms with E-state index in [2.05, 4.69) is 5.32 Å². The monoisotopic (exact) mass is 369 g/mol. The van der Waals surface area contributed by atoms with Crippen LogP contribution in [0, 0.1) is 5.92 Å². The molecule has 0 aromatic heterocycles. The van der Waals surface area contributed by atoms with E-state index in [1.54, 1.807) is 32.4 Å². The molecule has 1 fully saturated rings. The average Bonchev–Trinajstić information content (AvgIpc) is 3.41. The molecular formula is C19H28ClNO4. The lowest BCUT2D eigenvalue weighted by Gasteiger charge is -2.26. The number of carbonyl (C=O) groups excluding carboxylic acids is 1. The lowest BCUT2D eigenvalue weighted by molar-refractivity contribution is -0.138. The quantitative estimate of drug-likeness (QED) is 0.705. The molecule has 25 heavy (non-hydrogen) atoms. The molecular weight excluding hydrogens is 342 g/mol. The molecule has 1 amide bonds. The van der Waals surface area contributed by atoms with Crippen LogP contribution in [-0.4, -0.2) is 37.9 Å². The van der Waals surface area contributed by atoms with E-state index in [4.69, 9.17) is 25.8 Å². The maximum Gasteiger partial charge on any atom is 0.256 e. The van der Waals surface area contributed by atoms with Gasteiger partial charge in [-0.05, 0) is 57.7 Å². The highest BCUT2D eigenvalue weighted by Gasteiger charge is 2.47. The van der Waals surface area contributed by atoms with Gasteiger partial charge in [0.05, 0.1) is 17.2 Å². The summed E-state index contributed by atoms with van der Waals surface area (Å²) in [5, 5.41) is 3.35. The number of rotatable bonds is 9. The zero-order valence-corrected chi connectivity index (χ0v) is 16.4. The summed E-state index contributed by atoms with van der Waals surface area (Å²) >= 11 is 6.28. The van der Waals surface area contributed by atoms with E-state index in [0.717, 1.165) is 19.3 Å². The Hall–Kier alpha value is -1.30. The summed E-state index contributed by atoms with van der Waals surface area (Å²) in [7, 11) is 3.25. The first-order chi connectivity index (χ1) is 11.7. The number of hydrogen-bond donors (Lipinski definition) is 1. The second-order valence-electron chi connectivity index (χ2n) is 7.25. The molecule has 140 valence electrons. The first kappa shape index (κ1) is 20.0. The second kappa shape index (κ2) is 7.94. The summed E-state index contributed by atoms with van der Waals surface area (Å²) in [6.45, 7) is 6.33. The van der Waals surface area contributed by atoms with Crippen LogP contribution < -0.4 is 10.1 Å². The third-order valence-corrected chi connectivity index (χ3v) is 5.23. The number of hydrogen-bond acceptors (Lipinski definition) is 4. The minimum atomic E-state index is -0.798. The van der Waals surface area contributed by atoms with Gasteiger partial charge in [-0.25, -0.2) is 0 Å². The van der Waals surface area contributed by atoms with Gasteiger partial charge in [-0.1, -0.05) is 11.6 Å². The Morgan fingerprint density at radius 1 is 1.24 bits per heavy atom. The smallest absolute Gasteiger partial charge is 0.256 e. The maximum absolute atomic E-state index is 12.5. The fourth-order valence-electron chi connectivity index (χ4n) is 2.54. The first-order valence-corrected chi connectivity index (χ1v) is 8.94. The van der Waals surface area contributed by atoms with Gasteiger partial charge < -0.3 is 19.5 Å². The van der Waals surface area contributed by atoms with Crippen LogP contribution in [0.25, 0.3) is 0 Å². The van der Waals surface area contributed by atoms with Crippen molar-refractivity contribution in [3.8, 4) is 5.75 Å². The normalized spacial score (nSPS) is 17.0. The lowest BCUT2D eigenvalue weighted by Crippen LogP contribution is -2.44. The van der Waals surface area contributed by atoms with Crippen LogP contribution >= 0.6 is 11.6 Å². The van der Waals surface area contributed by atoms with Crippen molar-refractivity contribution in [2.75, 3.05) is 26.1 Å². The molecule has 5 nitrogen and oxygen atoms in total. The van der Waals surface area contributed by atoms with Gasteiger partial charge >= 0.3 is 0 Å². The highest BCUT2D eigenvalue weighted by Crippen LogP contribution is 2.42. The van der Waals surface area contributed by atoms with Crippen LogP contribution in [0.3, 0.4) is 0 Å². The highest BCUT2D eigenvalue weighted by molar-refractivity contribution is 6.32. The van der Waals surface area contributed by atoms with Crippen LogP contribution in [0.5, 0.6) is 5.75 Å². The van der Waals surface area contributed by atoms with Gasteiger partial charge in [0.1, 0.15) is 11.4 Å². The van der Waals surface area contributed by atoms with E-state index in [0.29, 0.717) is 23.1 Å². The predicted molar refractivity (Wildman–Crippen MR) is 99.4 cm³/mol. The van der Waals surface area contributed by atoms with Gasteiger partial charge in [0.15, 0.2) is 0 Å². The Labute approximate surface area is 155 Å². The summed E-state index contributed by atoms with van der Waals surface area (Å²) in [5.74, 6) is 0.715. The molecule has 1 aliphatic carbocycles. The van der Waals surface area contributed by atoms with Crippen molar-refractivity contribution in [3.05, 3.63) is 23.2 Å². The molecule has 0 radical (unpaired) electrons. The molecule has 1 aromatic rings. The standard InChI is InChI=1S/C19H28ClNO4/c1-18(2,23-4)10-11-25-16-9-8-14(12-15(16)20)21-17(22)19(3,24-5)13-6-7-13/h8-9,12-13H,6-7,10-11H2,1-5H3,(H,21,22). The fraction of sp³-hybridized carbons (Fsp3) is 0.632.